The SMILES string of the molecule is C=CCOC(=O)N1CCc2c(c(=O)oc3c(C4OCCCO4)c(O)c(OC)cc23)C1. The predicted octanol–water partition coefficient (Wildman–Crippen LogP) is 2.62. The number of carbonyl (C=O) groups excluding carboxylic acids is 1. The lowest BCUT2D eigenvalue weighted by atomic mass is 9.95. The van der Waals surface area contributed by atoms with Crippen LogP contribution in [0.25, 0.3) is 11.0 Å². The third-order valence-corrected chi connectivity index (χ3v) is 5.23. The van der Waals surface area contributed by atoms with Crippen LogP contribution < -0.4 is 10.4 Å². The van der Waals surface area contributed by atoms with E-state index in [1.54, 1.807) is 6.07 Å². The van der Waals surface area contributed by atoms with E-state index in [1.807, 2.05) is 0 Å². The van der Waals surface area contributed by atoms with E-state index in [2.05, 4.69) is 6.58 Å². The van der Waals surface area contributed by atoms with Gasteiger partial charge in [-0.05, 0) is 24.5 Å². The molecule has 1 aromatic carbocycles. The summed E-state index contributed by atoms with van der Waals surface area (Å²) in [6, 6.07) is 1.63. The molecule has 1 N–H and O–H groups in total. The van der Waals surface area contributed by atoms with Crippen molar-refractivity contribution in [2.75, 3.05) is 33.5 Å². The molecule has 0 atom stereocenters. The van der Waals surface area contributed by atoms with Crippen LogP contribution in [0.1, 0.15) is 29.4 Å². The topological polar surface area (TPSA) is 108 Å². The molecular weight excluding hydrogens is 394 g/mol. The summed E-state index contributed by atoms with van der Waals surface area (Å²) in [5, 5.41) is 11.3. The van der Waals surface area contributed by atoms with E-state index in [9.17, 15) is 14.7 Å². The Morgan fingerprint density at radius 2 is 2.13 bits per heavy atom. The average Bonchev–Trinajstić information content (AvgIpc) is 2.77. The number of hydrogen-bond acceptors (Lipinski definition) is 8. The molecular formula is C21H23NO8. The van der Waals surface area contributed by atoms with Crippen LogP contribution in [0, 0.1) is 0 Å². The third-order valence-electron chi connectivity index (χ3n) is 5.23. The molecule has 2 aromatic rings. The van der Waals surface area contributed by atoms with Crippen LogP contribution in [0.15, 0.2) is 27.9 Å². The first-order valence-corrected chi connectivity index (χ1v) is 9.69. The molecule has 1 amide bonds. The number of phenolic OH excluding ortho intramolecular Hbond substituents is 1. The summed E-state index contributed by atoms with van der Waals surface area (Å²) in [4.78, 5) is 26.4. The molecule has 4 rings (SSSR count). The molecule has 1 saturated heterocycles. The molecule has 0 radical (unpaired) electrons. The highest BCUT2D eigenvalue weighted by molar-refractivity contribution is 5.89. The number of fused-ring (bicyclic) bond motifs is 3. The summed E-state index contributed by atoms with van der Waals surface area (Å²) in [5.74, 6) is 0.0320. The van der Waals surface area contributed by atoms with Crippen molar-refractivity contribution < 1.29 is 33.3 Å². The molecule has 9 heteroatoms. The van der Waals surface area contributed by atoms with Crippen LogP contribution in [-0.4, -0.2) is 49.6 Å². The van der Waals surface area contributed by atoms with E-state index in [0.717, 1.165) is 12.0 Å². The number of amides is 1. The Morgan fingerprint density at radius 3 is 2.83 bits per heavy atom. The van der Waals surface area contributed by atoms with E-state index in [1.165, 1.54) is 18.1 Å². The first kappa shape index (κ1) is 20.2. The van der Waals surface area contributed by atoms with Crippen molar-refractivity contribution in [3.63, 3.8) is 0 Å². The van der Waals surface area contributed by atoms with Crippen molar-refractivity contribution in [3.8, 4) is 11.5 Å². The number of ether oxygens (including phenoxy) is 4. The van der Waals surface area contributed by atoms with Crippen LogP contribution in [0.2, 0.25) is 0 Å². The summed E-state index contributed by atoms with van der Waals surface area (Å²) in [6.07, 6.45) is 1.24. The van der Waals surface area contributed by atoms with Crippen LogP contribution in [0.3, 0.4) is 0 Å². The molecule has 1 fully saturated rings. The lowest BCUT2D eigenvalue weighted by Crippen LogP contribution is -2.38. The molecule has 160 valence electrons. The van der Waals surface area contributed by atoms with Gasteiger partial charge in [-0.25, -0.2) is 9.59 Å². The van der Waals surface area contributed by atoms with Crippen molar-refractivity contribution >= 4 is 17.1 Å². The van der Waals surface area contributed by atoms with Gasteiger partial charge in [0.1, 0.15) is 6.61 Å². The molecule has 0 unspecified atom stereocenters. The molecule has 0 aliphatic carbocycles. The van der Waals surface area contributed by atoms with Crippen LogP contribution in [0.4, 0.5) is 4.79 Å². The van der Waals surface area contributed by atoms with Gasteiger partial charge in [0.25, 0.3) is 0 Å². The molecule has 0 bridgehead atoms. The fourth-order valence-corrected chi connectivity index (χ4v) is 3.79. The number of phenols is 1. The molecule has 0 saturated carbocycles. The summed E-state index contributed by atoms with van der Waals surface area (Å²) in [5.41, 5.74) is 0.960. The minimum Gasteiger partial charge on any atom is -0.504 e. The largest absolute Gasteiger partial charge is 0.504 e. The highest BCUT2D eigenvalue weighted by Gasteiger charge is 2.32. The van der Waals surface area contributed by atoms with Crippen molar-refractivity contribution in [3.05, 3.63) is 45.8 Å². The van der Waals surface area contributed by atoms with Gasteiger partial charge in [-0.2, -0.15) is 0 Å². The monoisotopic (exact) mass is 417 g/mol. The number of aromatic hydroxyl groups is 1. The van der Waals surface area contributed by atoms with Gasteiger partial charge in [0.15, 0.2) is 23.4 Å². The van der Waals surface area contributed by atoms with E-state index in [-0.39, 0.29) is 35.8 Å². The zero-order valence-electron chi connectivity index (χ0n) is 16.6. The van der Waals surface area contributed by atoms with E-state index in [0.29, 0.717) is 37.1 Å². The van der Waals surface area contributed by atoms with Gasteiger partial charge < -0.3 is 33.4 Å². The lowest BCUT2D eigenvalue weighted by Gasteiger charge is -2.29. The van der Waals surface area contributed by atoms with Crippen LogP contribution in [0.5, 0.6) is 11.5 Å². The summed E-state index contributed by atoms with van der Waals surface area (Å²) in [7, 11) is 1.44. The van der Waals surface area contributed by atoms with Gasteiger partial charge in [-0.1, -0.05) is 12.7 Å². The number of rotatable bonds is 4. The molecule has 30 heavy (non-hydrogen) atoms. The number of benzene rings is 1. The first-order valence-electron chi connectivity index (χ1n) is 9.69. The smallest absolute Gasteiger partial charge is 0.410 e. The van der Waals surface area contributed by atoms with E-state index in [4.69, 9.17) is 23.4 Å². The summed E-state index contributed by atoms with van der Waals surface area (Å²) < 4.78 is 27.3. The Balaban J connectivity index is 1.82. The van der Waals surface area contributed by atoms with Gasteiger partial charge in [0, 0.05) is 11.9 Å². The minimum absolute atomic E-state index is 0.0680. The van der Waals surface area contributed by atoms with E-state index < -0.39 is 18.0 Å². The first-order chi connectivity index (χ1) is 14.5. The highest BCUT2D eigenvalue weighted by atomic mass is 16.7. The zero-order chi connectivity index (χ0) is 21.3. The predicted molar refractivity (Wildman–Crippen MR) is 106 cm³/mol. The number of hydrogen-bond donors (Lipinski definition) is 1. The van der Waals surface area contributed by atoms with Gasteiger partial charge in [-0.3, -0.25) is 0 Å². The second kappa shape index (κ2) is 8.37. The maximum atomic E-state index is 12.8. The Labute approximate surface area is 172 Å². The standard InChI is InChI=1S/C21H23NO8/c1-3-7-29-21(25)22-6-5-12-13-10-15(26-2)17(23)16(20-27-8-4-9-28-20)18(13)30-19(24)14(12)11-22/h3,10,20,23H,1,4-9,11H2,2H3. The van der Waals surface area contributed by atoms with E-state index >= 15 is 0 Å². The summed E-state index contributed by atoms with van der Waals surface area (Å²) >= 11 is 0. The Hall–Kier alpha value is -3.04. The van der Waals surface area contributed by atoms with Crippen molar-refractivity contribution in [1.82, 2.24) is 4.90 Å². The molecule has 3 heterocycles. The van der Waals surface area contributed by atoms with Crippen molar-refractivity contribution in [2.24, 2.45) is 0 Å². The number of methoxy groups -OCH3 is 1. The number of carbonyl (C=O) groups is 1. The van der Waals surface area contributed by atoms with Crippen LogP contribution >= 0.6 is 0 Å². The van der Waals surface area contributed by atoms with Crippen molar-refractivity contribution in [2.45, 2.75) is 25.7 Å². The Morgan fingerprint density at radius 1 is 1.37 bits per heavy atom. The molecule has 2 aliphatic rings. The molecule has 0 spiro atoms. The average molecular weight is 417 g/mol. The Bertz CT molecular complexity index is 1040. The Kier molecular flexibility index (Phi) is 5.65. The molecule has 1 aromatic heterocycles. The molecule has 9 nitrogen and oxygen atoms in total. The highest BCUT2D eigenvalue weighted by Crippen LogP contribution is 2.43. The quantitative estimate of drug-likeness (QED) is 0.598. The minimum atomic E-state index is -0.869. The van der Waals surface area contributed by atoms with Gasteiger partial charge in [0.2, 0.25) is 0 Å². The maximum absolute atomic E-state index is 12.8. The third kappa shape index (κ3) is 3.50. The van der Waals surface area contributed by atoms with Gasteiger partial charge in [0.05, 0.1) is 38.0 Å². The van der Waals surface area contributed by atoms with Gasteiger partial charge >= 0.3 is 11.7 Å². The fourth-order valence-electron chi connectivity index (χ4n) is 3.79. The normalized spacial score (nSPS) is 16.9. The second-order valence-corrected chi connectivity index (χ2v) is 7.03. The zero-order valence-corrected chi connectivity index (χ0v) is 16.6. The second-order valence-electron chi connectivity index (χ2n) is 7.03. The molecule has 2 aliphatic heterocycles. The number of nitrogens with zero attached hydrogens (tertiary/aromatic N) is 1. The maximum Gasteiger partial charge on any atom is 0.410 e. The van der Waals surface area contributed by atoms with Crippen molar-refractivity contribution in [1.29, 1.82) is 0 Å². The van der Waals surface area contributed by atoms with Crippen LogP contribution in [-0.2, 0) is 27.2 Å². The summed E-state index contributed by atoms with van der Waals surface area (Å²) in [6.45, 7) is 4.97. The lowest BCUT2D eigenvalue weighted by molar-refractivity contribution is -0.183. The van der Waals surface area contributed by atoms with Gasteiger partial charge in [-0.15, -0.1) is 0 Å². The fraction of sp³-hybridized carbons (Fsp3) is 0.429.